The van der Waals surface area contributed by atoms with Gasteiger partial charge >= 0.3 is 0 Å². The van der Waals surface area contributed by atoms with Crippen LogP contribution in [-0.4, -0.2) is 50.9 Å². The van der Waals surface area contributed by atoms with Gasteiger partial charge in [-0.3, -0.25) is 0 Å². The molecular formula is C15H31NO3Si. The molecule has 4 nitrogen and oxygen atoms in total. The van der Waals surface area contributed by atoms with Crippen LogP contribution in [0.4, 0.5) is 0 Å². The van der Waals surface area contributed by atoms with Crippen molar-refractivity contribution in [3.05, 3.63) is 0 Å². The zero-order chi connectivity index (χ0) is 15.0. The summed E-state index contributed by atoms with van der Waals surface area (Å²) in [6, 6.07) is 0.612. The minimum atomic E-state index is -1.70. The molecular weight excluding hydrogens is 270 g/mol. The van der Waals surface area contributed by atoms with Gasteiger partial charge in [-0.05, 0) is 37.4 Å². The van der Waals surface area contributed by atoms with Crippen molar-refractivity contribution in [2.75, 3.05) is 19.8 Å². The lowest BCUT2D eigenvalue weighted by Gasteiger charge is -2.45. The van der Waals surface area contributed by atoms with E-state index >= 15 is 0 Å². The van der Waals surface area contributed by atoms with Gasteiger partial charge in [0.05, 0.1) is 18.8 Å². The first-order valence-electron chi connectivity index (χ1n) is 7.81. The Morgan fingerprint density at radius 2 is 1.80 bits per heavy atom. The first kappa shape index (κ1) is 16.4. The fourth-order valence-corrected chi connectivity index (χ4v) is 3.98. The molecule has 0 spiro atoms. The number of hydrogen-bond donors (Lipinski definition) is 2. The van der Waals surface area contributed by atoms with E-state index in [1.165, 1.54) is 0 Å². The maximum atomic E-state index is 10.8. The summed E-state index contributed by atoms with van der Waals surface area (Å²) in [5, 5.41) is 14.6. The van der Waals surface area contributed by atoms with E-state index in [1.54, 1.807) is 0 Å². The number of hydrogen-bond acceptors (Lipinski definition) is 4. The van der Waals surface area contributed by atoms with Crippen LogP contribution in [-0.2, 0) is 9.16 Å². The SMILES string of the molecule is CC(C)(C)[Si](C)(C)OCCC1(O)CC2COCC(C1)N2. The van der Waals surface area contributed by atoms with Gasteiger partial charge in [-0.2, -0.15) is 0 Å². The molecule has 0 aromatic rings. The Balaban J connectivity index is 1.84. The number of ether oxygens (including phenoxy) is 1. The Hall–Kier alpha value is 0.0569. The monoisotopic (exact) mass is 301 g/mol. The van der Waals surface area contributed by atoms with E-state index in [0.29, 0.717) is 18.7 Å². The highest BCUT2D eigenvalue weighted by molar-refractivity contribution is 6.74. The van der Waals surface area contributed by atoms with Gasteiger partial charge in [0.15, 0.2) is 8.32 Å². The van der Waals surface area contributed by atoms with Gasteiger partial charge in [0.2, 0.25) is 0 Å². The Labute approximate surface area is 124 Å². The van der Waals surface area contributed by atoms with Crippen molar-refractivity contribution in [2.45, 2.75) is 75.9 Å². The van der Waals surface area contributed by atoms with Gasteiger partial charge in [-0.25, -0.2) is 0 Å². The lowest BCUT2D eigenvalue weighted by molar-refractivity contribution is -0.0844. The molecule has 20 heavy (non-hydrogen) atoms. The summed E-state index contributed by atoms with van der Waals surface area (Å²) >= 11 is 0. The van der Waals surface area contributed by atoms with Crippen molar-refractivity contribution < 1.29 is 14.3 Å². The Morgan fingerprint density at radius 3 is 2.30 bits per heavy atom. The van der Waals surface area contributed by atoms with Crippen LogP contribution in [0.15, 0.2) is 0 Å². The summed E-state index contributed by atoms with van der Waals surface area (Å²) < 4.78 is 11.7. The normalized spacial score (nSPS) is 35.1. The largest absolute Gasteiger partial charge is 0.417 e. The van der Waals surface area contributed by atoms with E-state index in [-0.39, 0.29) is 5.04 Å². The second kappa shape index (κ2) is 5.69. The van der Waals surface area contributed by atoms with Crippen LogP contribution in [0.2, 0.25) is 18.1 Å². The Kier molecular flexibility index (Phi) is 4.67. The maximum absolute atomic E-state index is 10.8. The molecule has 2 aliphatic heterocycles. The van der Waals surface area contributed by atoms with Gasteiger partial charge in [0, 0.05) is 18.7 Å². The van der Waals surface area contributed by atoms with Crippen molar-refractivity contribution >= 4 is 8.32 Å². The molecule has 2 fully saturated rings. The van der Waals surface area contributed by atoms with E-state index < -0.39 is 13.9 Å². The quantitative estimate of drug-likeness (QED) is 0.782. The Bertz CT molecular complexity index is 329. The van der Waals surface area contributed by atoms with E-state index in [0.717, 1.165) is 32.5 Å². The second-order valence-corrected chi connectivity index (χ2v) is 12.9. The summed E-state index contributed by atoms with van der Waals surface area (Å²) in [4.78, 5) is 0. The van der Waals surface area contributed by atoms with Crippen molar-refractivity contribution in [2.24, 2.45) is 0 Å². The van der Waals surface area contributed by atoms with Crippen LogP contribution < -0.4 is 5.32 Å². The van der Waals surface area contributed by atoms with Crippen molar-refractivity contribution in [1.29, 1.82) is 0 Å². The Morgan fingerprint density at radius 1 is 1.25 bits per heavy atom. The topological polar surface area (TPSA) is 50.7 Å². The number of aliphatic hydroxyl groups is 1. The molecule has 2 heterocycles. The van der Waals surface area contributed by atoms with Crippen LogP contribution in [0.5, 0.6) is 0 Å². The van der Waals surface area contributed by atoms with Gasteiger partial charge in [-0.1, -0.05) is 20.8 Å². The second-order valence-electron chi connectivity index (χ2n) is 8.09. The van der Waals surface area contributed by atoms with Crippen LogP contribution in [0.25, 0.3) is 0 Å². The third-order valence-corrected chi connectivity index (χ3v) is 9.74. The average Bonchev–Trinajstić information content (AvgIpc) is 2.25. The molecule has 2 aliphatic rings. The predicted octanol–water partition coefficient (Wildman–Crippen LogP) is 2.28. The van der Waals surface area contributed by atoms with Crippen molar-refractivity contribution in [1.82, 2.24) is 5.32 Å². The third kappa shape index (κ3) is 3.83. The molecule has 2 unspecified atom stereocenters. The first-order chi connectivity index (χ1) is 9.11. The van der Waals surface area contributed by atoms with Gasteiger partial charge < -0.3 is 19.6 Å². The summed E-state index contributed by atoms with van der Waals surface area (Å²) in [7, 11) is -1.70. The third-order valence-electron chi connectivity index (χ3n) is 5.20. The fraction of sp³-hybridized carbons (Fsp3) is 1.00. The molecule has 0 aliphatic carbocycles. The highest BCUT2D eigenvalue weighted by Gasteiger charge is 2.42. The maximum Gasteiger partial charge on any atom is 0.191 e. The van der Waals surface area contributed by atoms with E-state index in [4.69, 9.17) is 9.16 Å². The highest BCUT2D eigenvalue weighted by Crippen LogP contribution is 2.37. The van der Waals surface area contributed by atoms with Crippen LogP contribution in [0.1, 0.15) is 40.0 Å². The molecule has 0 aromatic carbocycles. The summed E-state index contributed by atoms with van der Waals surface area (Å²) in [6.45, 7) is 13.4. The first-order valence-corrected chi connectivity index (χ1v) is 10.7. The van der Waals surface area contributed by atoms with Crippen LogP contribution in [0, 0.1) is 0 Å². The lowest BCUT2D eigenvalue weighted by atomic mass is 9.81. The number of fused-ring (bicyclic) bond motifs is 2. The van der Waals surface area contributed by atoms with E-state index in [9.17, 15) is 5.11 Å². The predicted molar refractivity (Wildman–Crippen MR) is 83.5 cm³/mol. The van der Waals surface area contributed by atoms with Crippen molar-refractivity contribution in [3.8, 4) is 0 Å². The standard InChI is InChI=1S/C15H31NO3Si/c1-14(2,3)20(4,5)19-7-6-15(17)8-12-10-18-11-13(9-15)16-12/h12-13,16-17H,6-11H2,1-5H3. The molecule has 0 aromatic heterocycles. The summed E-state index contributed by atoms with van der Waals surface area (Å²) in [5.41, 5.74) is -0.577. The van der Waals surface area contributed by atoms with Gasteiger partial charge in [0.25, 0.3) is 0 Å². The smallest absolute Gasteiger partial charge is 0.191 e. The fourth-order valence-electron chi connectivity index (χ4n) is 2.94. The molecule has 5 heteroatoms. The summed E-state index contributed by atoms with van der Waals surface area (Å²) in [6.07, 6.45) is 2.31. The highest BCUT2D eigenvalue weighted by atomic mass is 28.4. The molecule has 2 atom stereocenters. The van der Waals surface area contributed by atoms with E-state index in [2.05, 4.69) is 39.2 Å². The number of morpholine rings is 1. The average molecular weight is 302 g/mol. The lowest BCUT2D eigenvalue weighted by Crippen LogP contribution is -2.60. The molecule has 0 amide bonds. The zero-order valence-corrected chi connectivity index (χ0v) is 14.7. The molecule has 2 N–H and O–H groups in total. The minimum Gasteiger partial charge on any atom is -0.417 e. The molecule has 2 bridgehead atoms. The minimum absolute atomic E-state index is 0.230. The zero-order valence-electron chi connectivity index (χ0n) is 13.7. The summed E-state index contributed by atoms with van der Waals surface area (Å²) in [5.74, 6) is 0. The number of nitrogens with one attached hydrogen (secondary N) is 1. The van der Waals surface area contributed by atoms with Gasteiger partial charge in [-0.15, -0.1) is 0 Å². The molecule has 118 valence electrons. The molecule has 2 saturated heterocycles. The molecule has 2 rings (SSSR count). The molecule has 0 radical (unpaired) electrons. The van der Waals surface area contributed by atoms with E-state index in [1.807, 2.05) is 0 Å². The number of piperidine rings is 1. The molecule has 0 saturated carbocycles. The van der Waals surface area contributed by atoms with Crippen LogP contribution >= 0.6 is 0 Å². The van der Waals surface area contributed by atoms with Gasteiger partial charge in [0.1, 0.15) is 0 Å². The van der Waals surface area contributed by atoms with Crippen LogP contribution in [0.3, 0.4) is 0 Å². The van der Waals surface area contributed by atoms with Crippen molar-refractivity contribution in [3.63, 3.8) is 0 Å². The number of rotatable bonds is 4.